The summed E-state index contributed by atoms with van der Waals surface area (Å²) in [7, 11) is 1.63. The lowest BCUT2D eigenvalue weighted by molar-refractivity contribution is -0.126. The minimum absolute atomic E-state index is 0.0414. The third-order valence-corrected chi connectivity index (χ3v) is 5.56. The van der Waals surface area contributed by atoms with E-state index in [1.54, 1.807) is 7.11 Å². The predicted molar refractivity (Wildman–Crippen MR) is 110 cm³/mol. The number of aryl methyl sites for hydroxylation is 1. The molecule has 1 aromatic carbocycles. The van der Waals surface area contributed by atoms with E-state index in [1.165, 1.54) is 18.7 Å². The first-order chi connectivity index (χ1) is 13.3. The van der Waals surface area contributed by atoms with Crippen LogP contribution < -0.4 is 10.1 Å². The van der Waals surface area contributed by atoms with Crippen LogP contribution in [0.15, 0.2) is 29.4 Å². The zero-order valence-corrected chi connectivity index (χ0v) is 17.5. The highest BCUT2D eigenvalue weighted by atomic mass is 32.2. The van der Waals surface area contributed by atoms with Crippen LogP contribution in [0, 0.1) is 12.8 Å². The summed E-state index contributed by atoms with van der Waals surface area (Å²) in [6, 6.07) is 7.35. The Hall–Kier alpha value is -2.61. The highest BCUT2D eigenvalue weighted by molar-refractivity contribution is 7.99. The van der Waals surface area contributed by atoms with E-state index >= 15 is 0 Å². The molecule has 3 rings (SSSR count). The van der Waals surface area contributed by atoms with Crippen LogP contribution in [0.5, 0.6) is 5.75 Å². The van der Waals surface area contributed by atoms with Crippen LogP contribution in [-0.2, 0) is 9.59 Å². The maximum atomic E-state index is 12.4. The molecule has 3 aromatic rings. The lowest BCUT2D eigenvalue weighted by atomic mass is 10.0. The SMILES string of the molecule is COc1ccc2c(C)cc3nnc(SCC(=O)NC(C(C)=O)C(C)C)n3c2c1. The topological polar surface area (TPSA) is 85.6 Å². The Labute approximate surface area is 167 Å². The van der Waals surface area contributed by atoms with Gasteiger partial charge in [0.05, 0.1) is 24.4 Å². The molecule has 2 aromatic heterocycles. The van der Waals surface area contributed by atoms with Crippen molar-refractivity contribution >= 4 is 40.0 Å². The molecule has 0 spiro atoms. The fourth-order valence-corrected chi connectivity index (χ4v) is 3.97. The number of thioether (sulfide) groups is 1. The minimum Gasteiger partial charge on any atom is -0.497 e. The monoisotopic (exact) mass is 400 g/mol. The van der Waals surface area contributed by atoms with Crippen LogP contribution in [0.25, 0.3) is 16.6 Å². The number of ketones is 1. The molecule has 7 nitrogen and oxygen atoms in total. The fraction of sp³-hybridized carbons (Fsp3) is 0.400. The second-order valence-corrected chi connectivity index (χ2v) is 8.02. The summed E-state index contributed by atoms with van der Waals surface area (Å²) >= 11 is 1.29. The first kappa shape index (κ1) is 20.1. The number of ether oxygens (including phenoxy) is 1. The van der Waals surface area contributed by atoms with Gasteiger partial charge in [-0.3, -0.25) is 14.0 Å². The molecule has 8 heteroatoms. The van der Waals surface area contributed by atoms with E-state index in [-0.39, 0.29) is 23.4 Å². The number of nitrogens with zero attached hydrogens (tertiary/aromatic N) is 3. The zero-order valence-electron chi connectivity index (χ0n) is 16.6. The van der Waals surface area contributed by atoms with Gasteiger partial charge in [0, 0.05) is 11.5 Å². The van der Waals surface area contributed by atoms with Crippen molar-refractivity contribution in [2.45, 2.75) is 38.9 Å². The maximum absolute atomic E-state index is 12.4. The molecular weight excluding hydrogens is 376 g/mol. The number of rotatable bonds is 7. The number of methoxy groups -OCH3 is 1. The van der Waals surface area contributed by atoms with Gasteiger partial charge in [0.15, 0.2) is 16.6 Å². The second-order valence-electron chi connectivity index (χ2n) is 7.08. The number of fused-ring (bicyclic) bond motifs is 3. The smallest absolute Gasteiger partial charge is 0.231 e. The van der Waals surface area contributed by atoms with Crippen LogP contribution in [-0.4, -0.2) is 45.2 Å². The summed E-state index contributed by atoms with van der Waals surface area (Å²) in [4.78, 5) is 24.1. The number of amides is 1. The van der Waals surface area contributed by atoms with Crippen molar-refractivity contribution in [3.05, 3.63) is 29.8 Å². The number of pyridine rings is 1. The minimum atomic E-state index is -0.476. The van der Waals surface area contributed by atoms with Crippen molar-refractivity contribution in [3.63, 3.8) is 0 Å². The average Bonchev–Trinajstić information content (AvgIpc) is 3.06. The van der Waals surface area contributed by atoms with Gasteiger partial charge in [-0.1, -0.05) is 25.6 Å². The van der Waals surface area contributed by atoms with E-state index < -0.39 is 6.04 Å². The van der Waals surface area contributed by atoms with E-state index in [9.17, 15) is 9.59 Å². The van der Waals surface area contributed by atoms with Crippen LogP contribution in [0.1, 0.15) is 26.3 Å². The summed E-state index contributed by atoms with van der Waals surface area (Å²) in [6.07, 6.45) is 0. The zero-order chi connectivity index (χ0) is 20.4. The Morgan fingerprint density at radius 3 is 2.64 bits per heavy atom. The Balaban J connectivity index is 1.89. The van der Waals surface area contributed by atoms with Crippen LogP contribution >= 0.6 is 11.8 Å². The first-order valence-electron chi connectivity index (χ1n) is 9.07. The van der Waals surface area contributed by atoms with E-state index in [0.29, 0.717) is 10.8 Å². The molecule has 1 atom stereocenters. The van der Waals surface area contributed by atoms with Gasteiger partial charge < -0.3 is 10.1 Å². The quantitative estimate of drug-likeness (QED) is 0.614. The highest BCUT2D eigenvalue weighted by Crippen LogP contribution is 2.28. The van der Waals surface area contributed by atoms with Gasteiger partial charge in [-0.2, -0.15) is 0 Å². The molecule has 28 heavy (non-hydrogen) atoms. The number of carbonyl (C=O) groups is 2. The molecule has 148 valence electrons. The van der Waals surface area contributed by atoms with Gasteiger partial charge in [-0.25, -0.2) is 0 Å². The van der Waals surface area contributed by atoms with E-state index in [2.05, 4.69) is 15.5 Å². The van der Waals surface area contributed by atoms with Crippen molar-refractivity contribution in [2.75, 3.05) is 12.9 Å². The van der Waals surface area contributed by atoms with Crippen LogP contribution in [0.2, 0.25) is 0 Å². The van der Waals surface area contributed by atoms with E-state index in [0.717, 1.165) is 22.2 Å². The normalized spacial score (nSPS) is 12.5. The first-order valence-corrected chi connectivity index (χ1v) is 10.1. The highest BCUT2D eigenvalue weighted by Gasteiger charge is 2.21. The van der Waals surface area contributed by atoms with Gasteiger partial charge in [0.1, 0.15) is 5.75 Å². The standard InChI is InChI=1S/C20H24N4O3S/c1-11(2)19(13(4)25)21-18(26)10-28-20-23-22-17-8-12(3)15-7-6-14(27-5)9-16(15)24(17)20/h6-9,11,19H,10H2,1-5H3,(H,21,26). The van der Waals surface area contributed by atoms with Crippen molar-refractivity contribution in [3.8, 4) is 5.75 Å². The average molecular weight is 401 g/mol. The van der Waals surface area contributed by atoms with E-state index in [1.807, 2.05) is 49.4 Å². The molecule has 1 unspecified atom stereocenters. The molecule has 0 aliphatic heterocycles. The van der Waals surface area contributed by atoms with Crippen LogP contribution in [0.3, 0.4) is 0 Å². The Kier molecular flexibility index (Phi) is 5.88. The number of hydrogen-bond donors (Lipinski definition) is 1. The molecule has 1 N–H and O–H groups in total. The lowest BCUT2D eigenvalue weighted by Crippen LogP contribution is -2.44. The molecule has 1 amide bonds. The summed E-state index contributed by atoms with van der Waals surface area (Å²) in [5, 5.41) is 13.0. The predicted octanol–water partition coefficient (Wildman–Crippen LogP) is 3.02. The van der Waals surface area contributed by atoms with Crippen molar-refractivity contribution < 1.29 is 14.3 Å². The largest absolute Gasteiger partial charge is 0.497 e. The van der Waals surface area contributed by atoms with Crippen molar-refractivity contribution in [1.82, 2.24) is 19.9 Å². The van der Waals surface area contributed by atoms with Gasteiger partial charge in [0.25, 0.3) is 0 Å². The van der Waals surface area contributed by atoms with E-state index in [4.69, 9.17) is 4.74 Å². The lowest BCUT2D eigenvalue weighted by Gasteiger charge is -2.19. The van der Waals surface area contributed by atoms with Gasteiger partial charge in [-0.15, -0.1) is 10.2 Å². The maximum Gasteiger partial charge on any atom is 0.231 e. The second kappa shape index (κ2) is 8.18. The molecule has 0 fully saturated rings. The summed E-state index contributed by atoms with van der Waals surface area (Å²) in [5.41, 5.74) is 2.73. The number of nitrogens with one attached hydrogen (secondary N) is 1. The fourth-order valence-electron chi connectivity index (χ4n) is 3.21. The number of carbonyl (C=O) groups excluding carboxylic acids is 2. The molecule has 0 aliphatic rings. The Morgan fingerprint density at radius 1 is 1.25 bits per heavy atom. The van der Waals surface area contributed by atoms with Gasteiger partial charge in [-0.05, 0) is 43.5 Å². The van der Waals surface area contributed by atoms with Crippen molar-refractivity contribution in [2.24, 2.45) is 5.92 Å². The molecule has 0 aliphatic carbocycles. The third kappa shape index (κ3) is 3.96. The summed E-state index contributed by atoms with van der Waals surface area (Å²) in [5.74, 6) is 0.679. The number of aromatic nitrogens is 3. The molecule has 0 bridgehead atoms. The third-order valence-electron chi connectivity index (χ3n) is 4.63. The van der Waals surface area contributed by atoms with Crippen molar-refractivity contribution in [1.29, 1.82) is 0 Å². The Morgan fingerprint density at radius 2 is 2.00 bits per heavy atom. The molecule has 2 heterocycles. The Bertz CT molecular complexity index is 1040. The molecular formula is C20H24N4O3S. The summed E-state index contributed by atoms with van der Waals surface area (Å²) in [6.45, 7) is 7.34. The molecule has 0 radical (unpaired) electrons. The number of benzene rings is 1. The van der Waals surface area contributed by atoms with Gasteiger partial charge in [0.2, 0.25) is 5.91 Å². The molecule has 0 saturated carbocycles. The summed E-state index contributed by atoms with van der Waals surface area (Å²) < 4.78 is 7.28. The van der Waals surface area contributed by atoms with Crippen LogP contribution in [0.4, 0.5) is 0 Å². The molecule has 0 saturated heterocycles. The van der Waals surface area contributed by atoms with Gasteiger partial charge >= 0.3 is 0 Å². The number of hydrogen-bond acceptors (Lipinski definition) is 6. The number of Topliss-reactive ketones (excluding diaryl/α,β-unsaturated/α-hetero) is 1.